The first-order chi connectivity index (χ1) is 21.0. The Morgan fingerprint density at radius 3 is 1.86 bits per heavy atom. The topological polar surface area (TPSA) is 62.7 Å². The number of rotatable bonds is 11. The molecule has 0 spiro atoms. The summed E-state index contributed by atoms with van der Waals surface area (Å²) in [6.45, 7) is 1.21. The molecule has 4 atom stereocenters. The predicted octanol–water partition coefficient (Wildman–Crippen LogP) is 7.90. The van der Waals surface area contributed by atoms with Crippen LogP contribution in [0, 0.1) is 5.82 Å². The molecule has 220 valence electrons. The van der Waals surface area contributed by atoms with Crippen LogP contribution in [-0.2, 0) is 38.8 Å². The minimum absolute atomic E-state index is 0.0319. The van der Waals surface area contributed by atoms with Gasteiger partial charge in [-0.3, -0.25) is 0 Å². The molecule has 0 N–H and O–H groups in total. The Morgan fingerprint density at radius 2 is 1.26 bits per heavy atom. The largest absolute Gasteiger partial charge is 0.374 e. The molecule has 1 saturated heterocycles. The summed E-state index contributed by atoms with van der Waals surface area (Å²) in [6.07, 6.45) is -2.62. The van der Waals surface area contributed by atoms with Gasteiger partial charge in [0.25, 0.3) is 0 Å². The normalized spacial score (nSPS) is 20.1. The van der Waals surface area contributed by atoms with Gasteiger partial charge in [0.2, 0.25) is 5.28 Å². The van der Waals surface area contributed by atoms with E-state index in [-0.39, 0.29) is 29.2 Å². The smallest absolute Gasteiger partial charge is 0.224 e. The molecule has 9 heteroatoms. The maximum absolute atomic E-state index is 15.8. The maximum atomic E-state index is 15.8. The average molecular weight is 620 g/mol. The third-order valence-electron chi connectivity index (χ3n) is 7.32. The summed E-state index contributed by atoms with van der Waals surface area (Å²) in [4.78, 5) is 8.22. The Balaban J connectivity index is 1.33. The minimum Gasteiger partial charge on any atom is -0.374 e. The molecular formula is C34H29Cl2FN2O4. The number of nitrogens with zero attached hydrogens (tertiary/aromatic N) is 2. The van der Waals surface area contributed by atoms with E-state index in [4.69, 9.17) is 42.1 Å². The van der Waals surface area contributed by atoms with Gasteiger partial charge in [0.15, 0.2) is 0 Å². The fraction of sp³-hybridized carbons (Fsp3) is 0.235. The van der Waals surface area contributed by atoms with E-state index in [1.807, 2.05) is 91.0 Å². The number of benzene rings is 4. The Kier molecular flexibility index (Phi) is 9.58. The summed E-state index contributed by atoms with van der Waals surface area (Å²) in [5, 5.41) is 0.392. The highest BCUT2D eigenvalue weighted by Crippen LogP contribution is 2.41. The first kappa shape index (κ1) is 29.6. The fourth-order valence-corrected chi connectivity index (χ4v) is 5.67. The lowest BCUT2D eigenvalue weighted by atomic mass is 9.99. The fourth-order valence-electron chi connectivity index (χ4n) is 5.22. The van der Waals surface area contributed by atoms with Crippen LogP contribution in [0.4, 0.5) is 4.39 Å². The number of ether oxygens (including phenoxy) is 4. The van der Waals surface area contributed by atoms with Crippen LogP contribution in [0.25, 0.3) is 10.9 Å². The zero-order valence-electron chi connectivity index (χ0n) is 23.1. The van der Waals surface area contributed by atoms with Crippen molar-refractivity contribution in [1.82, 2.24) is 9.97 Å². The summed E-state index contributed by atoms with van der Waals surface area (Å²) in [7, 11) is 0. The van der Waals surface area contributed by atoms with Gasteiger partial charge in [0.1, 0.15) is 35.4 Å². The number of halogens is 3. The molecule has 1 aliphatic heterocycles. The monoisotopic (exact) mass is 618 g/mol. The molecular weight excluding hydrogens is 590 g/mol. The van der Waals surface area contributed by atoms with Gasteiger partial charge >= 0.3 is 0 Å². The lowest BCUT2D eigenvalue weighted by Gasteiger charge is -2.25. The molecule has 0 amide bonds. The van der Waals surface area contributed by atoms with Gasteiger partial charge in [0.05, 0.1) is 31.9 Å². The lowest BCUT2D eigenvalue weighted by molar-refractivity contribution is -0.0898. The predicted molar refractivity (Wildman–Crippen MR) is 163 cm³/mol. The summed E-state index contributed by atoms with van der Waals surface area (Å²) >= 11 is 12.3. The van der Waals surface area contributed by atoms with Crippen LogP contribution < -0.4 is 0 Å². The van der Waals surface area contributed by atoms with E-state index < -0.39 is 30.2 Å². The van der Waals surface area contributed by atoms with Gasteiger partial charge in [-0.15, -0.1) is 0 Å². The molecule has 0 saturated carbocycles. The molecule has 0 radical (unpaired) electrons. The Bertz CT molecular complexity index is 1650. The van der Waals surface area contributed by atoms with Crippen LogP contribution in [-0.4, -0.2) is 34.9 Å². The zero-order chi connectivity index (χ0) is 29.6. The van der Waals surface area contributed by atoms with Crippen LogP contribution in [0.15, 0.2) is 103 Å². The molecule has 6 nitrogen and oxygen atoms in total. The highest BCUT2D eigenvalue weighted by Gasteiger charge is 2.48. The standard InChI is InChI=1S/C34H29Cl2FN2O4/c35-33-26-16-27(37)25(17-28(26)38-34(36)39-33)30-32(42-20-24-14-8-3-9-15-24)31(41-19-23-12-6-2-7-13-23)29(43-30)21-40-18-22-10-4-1-5-11-22/h1-17,29-32H,18-21H2/t29-,30?,31-,32+/m1/s1. The van der Waals surface area contributed by atoms with Crippen molar-refractivity contribution in [3.8, 4) is 0 Å². The van der Waals surface area contributed by atoms with Crippen molar-refractivity contribution >= 4 is 34.1 Å². The molecule has 5 aromatic rings. The number of hydrogen-bond acceptors (Lipinski definition) is 6. The van der Waals surface area contributed by atoms with Crippen LogP contribution in [0.3, 0.4) is 0 Å². The molecule has 1 fully saturated rings. The van der Waals surface area contributed by atoms with Crippen molar-refractivity contribution in [2.24, 2.45) is 0 Å². The van der Waals surface area contributed by atoms with E-state index in [0.717, 1.165) is 16.7 Å². The van der Waals surface area contributed by atoms with Gasteiger partial charge < -0.3 is 18.9 Å². The first-order valence-corrected chi connectivity index (χ1v) is 14.7. The van der Waals surface area contributed by atoms with Gasteiger partial charge in [0, 0.05) is 10.9 Å². The van der Waals surface area contributed by atoms with Crippen LogP contribution in [0.5, 0.6) is 0 Å². The van der Waals surface area contributed by atoms with Crippen molar-refractivity contribution in [3.63, 3.8) is 0 Å². The molecule has 6 rings (SSSR count). The second-order valence-electron chi connectivity index (χ2n) is 10.3. The van der Waals surface area contributed by atoms with Gasteiger partial charge in [-0.25, -0.2) is 14.4 Å². The Hall–Kier alpha value is -3.43. The van der Waals surface area contributed by atoms with E-state index in [2.05, 4.69) is 9.97 Å². The van der Waals surface area contributed by atoms with Gasteiger partial charge in [-0.05, 0) is 40.4 Å². The molecule has 4 aromatic carbocycles. The molecule has 2 heterocycles. The average Bonchev–Trinajstić information content (AvgIpc) is 3.37. The molecule has 1 aliphatic rings. The second-order valence-corrected chi connectivity index (χ2v) is 11.0. The summed E-state index contributed by atoms with van der Waals surface area (Å²) in [6, 6.07) is 32.4. The van der Waals surface area contributed by atoms with E-state index in [9.17, 15) is 0 Å². The second kappa shape index (κ2) is 13.9. The third-order valence-corrected chi connectivity index (χ3v) is 7.78. The van der Waals surface area contributed by atoms with Crippen molar-refractivity contribution < 1.29 is 23.3 Å². The SMILES string of the molecule is Fc1cc2c(Cl)nc(Cl)nc2cc1C1O[C@H](COCc2ccccc2)[C@@H](OCc2ccccc2)[C@H]1OCc1ccccc1. The Labute approximate surface area is 259 Å². The molecule has 1 aromatic heterocycles. The maximum Gasteiger partial charge on any atom is 0.224 e. The van der Waals surface area contributed by atoms with Gasteiger partial charge in [-0.2, -0.15) is 0 Å². The lowest BCUT2D eigenvalue weighted by Crippen LogP contribution is -2.38. The molecule has 43 heavy (non-hydrogen) atoms. The summed E-state index contributed by atoms with van der Waals surface area (Å²) in [5.74, 6) is -0.522. The summed E-state index contributed by atoms with van der Waals surface area (Å²) in [5.41, 5.74) is 3.66. The highest BCUT2D eigenvalue weighted by atomic mass is 35.5. The van der Waals surface area contributed by atoms with Crippen molar-refractivity contribution in [3.05, 3.63) is 142 Å². The van der Waals surface area contributed by atoms with Crippen molar-refractivity contribution in [1.29, 1.82) is 0 Å². The van der Waals surface area contributed by atoms with E-state index in [0.29, 0.717) is 24.1 Å². The number of hydrogen-bond donors (Lipinski definition) is 0. The zero-order valence-corrected chi connectivity index (χ0v) is 24.6. The molecule has 0 aliphatic carbocycles. The first-order valence-electron chi connectivity index (χ1n) is 14.0. The van der Waals surface area contributed by atoms with Crippen LogP contribution >= 0.6 is 23.2 Å². The molecule has 1 unspecified atom stereocenters. The van der Waals surface area contributed by atoms with Gasteiger partial charge in [-0.1, -0.05) is 103 Å². The van der Waals surface area contributed by atoms with E-state index in [1.165, 1.54) is 6.07 Å². The highest BCUT2D eigenvalue weighted by molar-refractivity contribution is 6.35. The Morgan fingerprint density at radius 1 is 0.698 bits per heavy atom. The van der Waals surface area contributed by atoms with E-state index >= 15 is 4.39 Å². The minimum atomic E-state index is -0.827. The number of fused-ring (bicyclic) bond motifs is 1. The summed E-state index contributed by atoms with van der Waals surface area (Å²) < 4.78 is 41.5. The third kappa shape index (κ3) is 7.21. The van der Waals surface area contributed by atoms with Crippen LogP contribution in [0.1, 0.15) is 28.4 Å². The quantitative estimate of drug-likeness (QED) is 0.111. The number of aromatic nitrogens is 2. The van der Waals surface area contributed by atoms with Crippen molar-refractivity contribution in [2.45, 2.75) is 44.2 Å². The van der Waals surface area contributed by atoms with E-state index in [1.54, 1.807) is 6.07 Å². The van der Waals surface area contributed by atoms with Crippen LogP contribution in [0.2, 0.25) is 10.4 Å². The molecule has 0 bridgehead atoms. The van der Waals surface area contributed by atoms with Crippen molar-refractivity contribution in [2.75, 3.05) is 6.61 Å².